The Bertz CT molecular complexity index is 1260. The summed E-state index contributed by atoms with van der Waals surface area (Å²) in [6, 6.07) is 12.0. The van der Waals surface area contributed by atoms with Crippen LogP contribution in [0.4, 0.5) is 10.1 Å². The number of nitrogens with zero attached hydrogens (tertiary/aromatic N) is 3. The average molecular weight is 395 g/mol. The summed E-state index contributed by atoms with van der Waals surface area (Å²) in [4.78, 5) is 33.8. The molecule has 0 radical (unpaired) electrons. The third-order valence-corrected chi connectivity index (χ3v) is 4.42. The Hall–Kier alpha value is -3.58. The Kier molecular flexibility index (Phi) is 4.58. The topological polar surface area (TPSA) is 76.9 Å². The third kappa shape index (κ3) is 3.23. The van der Waals surface area contributed by atoms with E-state index in [0.717, 1.165) is 0 Å². The molecule has 4 aromatic rings. The van der Waals surface area contributed by atoms with E-state index in [1.54, 1.807) is 28.8 Å². The van der Waals surface area contributed by atoms with Crippen LogP contribution in [0.2, 0.25) is 5.15 Å². The molecule has 8 heteroatoms. The summed E-state index contributed by atoms with van der Waals surface area (Å²) >= 11 is 5.98. The van der Waals surface area contributed by atoms with E-state index in [1.807, 2.05) is 0 Å². The van der Waals surface area contributed by atoms with Gasteiger partial charge in [-0.05, 0) is 48.5 Å². The summed E-state index contributed by atoms with van der Waals surface area (Å²) in [5, 5.41) is 2.96. The van der Waals surface area contributed by atoms with Crippen molar-refractivity contribution >= 4 is 34.2 Å². The molecule has 3 aromatic heterocycles. The average Bonchev–Trinajstić information content (AvgIpc) is 2.71. The summed E-state index contributed by atoms with van der Waals surface area (Å²) in [5.74, 6) is -1.03. The second-order valence-electron chi connectivity index (χ2n) is 5.89. The second kappa shape index (κ2) is 7.21. The normalized spacial score (nSPS) is 10.8. The van der Waals surface area contributed by atoms with Crippen molar-refractivity contribution in [2.45, 2.75) is 0 Å². The monoisotopic (exact) mass is 394 g/mol. The predicted octanol–water partition coefficient (Wildman–Crippen LogP) is 3.83. The fourth-order valence-electron chi connectivity index (χ4n) is 2.79. The summed E-state index contributed by atoms with van der Waals surface area (Å²) in [6.45, 7) is 0. The molecule has 0 fully saturated rings. The van der Waals surface area contributed by atoms with E-state index < -0.39 is 17.2 Å². The molecule has 4 rings (SSSR count). The van der Waals surface area contributed by atoms with Gasteiger partial charge >= 0.3 is 0 Å². The number of nitrogens with one attached hydrogen (secondary N) is 1. The van der Waals surface area contributed by atoms with Gasteiger partial charge in [0.15, 0.2) is 5.15 Å². The lowest BCUT2D eigenvalue weighted by Gasteiger charge is -2.13. The molecular formula is C20H12ClFN4O2. The highest BCUT2D eigenvalue weighted by molar-refractivity contribution is 6.32. The van der Waals surface area contributed by atoms with Crippen molar-refractivity contribution in [3.05, 3.63) is 93.9 Å². The number of rotatable bonds is 3. The van der Waals surface area contributed by atoms with Crippen LogP contribution in [-0.4, -0.2) is 20.4 Å². The fourth-order valence-corrected chi connectivity index (χ4v) is 2.96. The van der Waals surface area contributed by atoms with E-state index in [-0.39, 0.29) is 21.8 Å². The molecule has 0 spiro atoms. The molecule has 0 aliphatic rings. The molecule has 1 aromatic carbocycles. The first-order valence-corrected chi connectivity index (χ1v) is 8.60. The molecule has 0 atom stereocenters. The van der Waals surface area contributed by atoms with Crippen molar-refractivity contribution in [3.63, 3.8) is 0 Å². The number of anilines is 1. The van der Waals surface area contributed by atoms with Crippen LogP contribution < -0.4 is 10.7 Å². The largest absolute Gasteiger partial charge is 0.319 e. The Morgan fingerprint density at radius 1 is 1.04 bits per heavy atom. The van der Waals surface area contributed by atoms with E-state index in [9.17, 15) is 14.0 Å². The maximum Gasteiger partial charge on any atom is 0.261 e. The van der Waals surface area contributed by atoms with Gasteiger partial charge in [0.05, 0.1) is 11.1 Å². The van der Waals surface area contributed by atoms with Gasteiger partial charge < -0.3 is 9.88 Å². The summed E-state index contributed by atoms with van der Waals surface area (Å²) in [7, 11) is 0. The summed E-state index contributed by atoms with van der Waals surface area (Å²) < 4.78 is 14.9. The summed E-state index contributed by atoms with van der Waals surface area (Å²) in [5.41, 5.74) is 0.616. The number of hydrogen-bond acceptors (Lipinski definition) is 4. The van der Waals surface area contributed by atoms with Crippen LogP contribution in [0.1, 0.15) is 10.4 Å². The standard InChI is InChI=1S/C20H12ClFN4O2/c21-18-16(4-2-9-23-18)25-20(28)15-11-26(13-7-5-12(22)6-8-13)19-14(17(15)27)3-1-10-24-19/h1-11H,(H,25,28). The maximum absolute atomic E-state index is 13.3. The van der Waals surface area contributed by atoms with Gasteiger partial charge in [0.1, 0.15) is 17.0 Å². The van der Waals surface area contributed by atoms with E-state index in [4.69, 9.17) is 11.6 Å². The Labute approximate surface area is 163 Å². The SMILES string of the molecule is O=C(Nc1cccnc1Cl)c1cn(-c2ccc(F)cc2)c2ncccc2c1=O. The van der Waals surface area contributed by atoms with Crippen molar-refractivity contribution in [2.75, 3.05) is 5.32 Å². The van der Waals surface area contributed by atoms with Crippen molar-refractivity contribution in [1.29, 1.82) is 0 Å². The number of halogens is 2. The highest BCUT2D eigenvalue weighted by atomic mass is 35.5. The molecule has 0 aliphatic heterocycles. The number of carbonyl (C=O) groups excluding carboxylic acids is 1. The zero-order valence-corrected chi connectivity index (χ0v) is 15.0. The lowest BCUT2D eigenvalue weighted by atomic mass is 10.1. The molecular weight excluding hydrogens is 383 g/mol. The number of benzene rings is 1. The molecule has 3 heterocycles. The van der Waals surface area contributed by atoms with Crippen LogP contribution >= 0.6 is 11.6 Å². The quantitative estimate of drug-likeness (QED) is 0.536. The number of fused-ring (bicyclic) bond motifs is 1. The Balaban J connectivity index is 1.88. The minimum atomic E-state index is -0.637. The van der Waals surface area contributed by atoms with Crippen LogP contribution in [0.3, 0.4) is 0 Å². The lowest BCUT2D eigenvalue weighted by molar-refractivity contribution is 0.102. The van der Waals surface area contributed by atoms with E-state index in [2.05, 4.69) is 15.3 Å². The van der Waals surface area contributed by atoms with Gasteiger partial charge in [0.25, 0.3) is 5.91 Å². The fraction of sp³-hybridized carbons (Fsp3) is 0. The van der Waals surface area contributed by atoms with Gasteiger partial charge in [0, 0.05) is 24.3 Å². The highest BCUT2D eigenvalue weighted by Gasteiger charge is 2.18. The predicted molar refractivity (Wildman–Crippen MR) is 104 cm³/mol. The number of amides is 1. The first kappa shape index (κ1) is 17.8. The van der Waals surface area contributed by atoms with E-state index in [0.29, 0.717) is 11.3 Å². The van der Waals surface area contributed by atoms with Crippen LogP contribution in [0.15, 0.2) is 71.9 Å². The molecule has 1 N–H and O–H groups in total. The minimum Gasteiger partial charge on any atom is -0.319 e. The molecule has 0 unspecified atom stereocenters. The number of aromatic nitrogens is 3. The van der Waals surface area contributed by atoms with Crippen LogP contribution in [0.5, 0.6) is 0 Å². The molecule has 0 bridgehead atoms. The van der Waals surface area contributed by atoms with Gasteiger partial charge in [-0.1, -0.05) is 11.6 Å². The van der Waals surface area contributed by atoms with Crippen molar-refractivity contribution < 1.29 is 9.18 Å². The first-order valence-electron chi connectivity index (χ1n) is 8.23. The highest BCUT2D eigenvalue weighted by Crippen LogP contribution is 2.20. The van der Waals surface area contributed by atoms with Crippen LogP contribution in [-0.2, 0) is 0 Å². The molecule has 28 heavy (non-hydrogen) atoms. The van der Waals surface area contributed by atoms with Crippen molar-refractivity contribution in [2.24, 2.45) is 0 Å². The van der Waals surface area contributed by atoms with E-state index >= 15 is 0 Å². The van der Waals surface area contributed by atoms with Crippen LogP contribution in [0, 0.1) is 5.82 Å². The molecule has 138 valence electrons. The Morgan fingerprint density at radius 2 is 1.75 bits per heavy atom. The number of pyridine rings is 3. The smallest absolute Gasteiger partial charge is 0.261 e. The number of hydrogen-bond donors (Lipinski definition) is 1. The summed E-state index contributed by atoms with van der Waals surface area (Å²) in [6.07, 6.45) is 4.41. The van der Waals surface area contributed by atoms with E-state index in [1.165, 1.54) is 42.9 Å². The number of carbonyl (C=O) groups is 1. The van der Waals surface area contributed by atoms with Gasteiger partial charge in [-0.25, -0.2) is 14.4 Å². The van der Waals surface area contributed by atoms with Gasteiger partial charge in [0.2, 0.25) is 5.43 Å². The zero-order chi connectivity index (χ0) is 19.7. The van der Waals surface area contributed by atoms with Gasteiger partial charge in [-0.2, -0.15) is 0 Å². The maximum atomic E-state index is 13.3. The van der Waals surface area contributed by atoms with Crippen LogP contribution in [0.25, 0.3) is 16.7 Å². The first-order chi connectivity index (χ1) is 13.5. The van der Waals surface area contributed by atoms with Gasteiger partial charge in [-0.15, -0.1) is 0 Å². The minimum absolute atomic E-state index is 0.107. The molecule has 6 nitrogen and oxygen atoms in total. The second-order valence-corrected chi connectivity index (χ2v) is 6.25. The third-order valence-electron chi connectivity index (χ3n) is 4.12. The molecule has 1 amide bonds. The van der Waals surface area contributed by atoms with Crippen molar-refractivity contribution in [1.82, 2.24) is 14.5 Å². The van der Waals surface area contributed by atoms with Gasteiger partial charge in [-0.3, -0.25) is 9.59 Å². The molecule has 0 aliphatic carbocycles. The Morgan fingerprint density at radius 3 is 2.50 bits per heavy atom. The van der Waals surface area contributed by atoms with Crippen molar-refractivity contribution in [3.8, 4) is 5.69 Å². The molecule has 0 saturated carbocycles. The zero-order valence-electron chi connectivity index (χ0n) is 14.3. The lowest BCUT2D eigenvalue weighted by Crippen LogP contribution is -2.24. The molecule has 0 saturated heterocycles.